The summed E-state index contributed by atoms with van der Waals surface area (Å²) < 4.78 is 0. The van der Waals surface area contributed by atoms with Crippen LogP contribution in [0.15, 0.2) is 24.3 Å². The third kappa shape index (κ3) is 2.02. The van der Waals surface area contributed by atoms with Crippen LogP contribution in [0, 0.1) is 0 Å². The Kier molecular flexibility index (Phi) is 2.73. The van der Waals surface area contributed by atoms with Crippen LogP contribution in [-0.4, -0.2) is 11.8 Å². The van der Waals surface area contributed by atoms with Gasteiger partial charge in [0.25, 0.3) is 0 Å². The lowest BCUT2D eigenvalue weighted by molar-refractivity contribution is -0.129. The van der Waals surface area contributed by atoms with Crippen molar-refractivity contribution < 1.29 is 9.59 Å². The highest BCUT2D eigenvalue weighted by Gasteiger charge is 2.26. The Labute approximate surface area is 92.6 Å². The van der Waals surface area contributed by atoms with Gasteiger partial charge < -0.3 is 0 Å². The summed E-state index contributed by atoms with van der Waals surface area (Å²) in [6, 6.07) is 6.71. The zero-order chi connectivity index (χ0) is 10.8. The number of rotatable bonds is 1. The molecular weight excluding hydrogens is 214 g/mol. The van der Waals surface area contributed by atoms with E-state index in [1.165, 1.54) is 4.90 Å². The minimum Gasteiger partial charge on any atom is -0.274 e. The van der Waals surface area contributed by atoms with E-state index in [1.807, 2.05) is 0 Å². The van der Waals surface area contributed by atoms with Gasteiger partial charge in [0.15, 0.2) is 0 Å². The lowest BCUT2D eigenvalue weighted by atomic mass is 10.1. The Morgan fingerprint density at radius 1 is 1.00 bits per heavy atom. The smallest absolute Gasteiger partial charge is 0.233 e. The zero-order valence-electron chi connectivity index (χ0n) is 8.07. The van der Waals surface area contributed by atoms with Crippen LogP contribution in [0.3, 0.4) is 0 Å². The van der Waals surface area contributed by atoms with Crippen molar-refractivity contribution in [1.29, 1.82) is 0 Å². The van der Waals surface area contributed by atoms with E-state index in [2.05, 4.69) is 0 Å². The van der Waals surface area contributed by atoms with Crippen LogP contribution in [0.1, 0.15) is 19.3 Å². The summed E-state index contributed by atoms with van der Waals surface area (Å²) >= 11 is 5.73. The molecule has 15 heavy (non-hydrogen) atoms. The van der Waals surface area contributed by atoms with Gasteiger partial charge in [0, 0.05) is 17.9 Å². The molecule has 78 valence electrons. The first-order valence-electron chi connectivity index (χ1n) is 4.80. The first-order chi connectivity index (χ1) is 7.18. The Hall–Kier alpha value is -1.35. The molecule has 0 aliphatic carbocycles. The maximum absolute atomic E-state index is 11.6. The Bertz CT molecular complexity index is 384. The molecule has 0 atom stereocenters. The van der Waals surface area contributed by atoms with Crippen LogP contribution in [0.4, 0.5) is 5.69 Å². The Morgan fingerprint density at radius 3 is 2.07 bits per heavy atom. The first-order valence-corrected chi connectivity index (χ1v) is 5.17. The van der Waals surface area contributed by atoms with Gasteiger partial charge in [0.05, 0.1) is 5.69 Å². The number of carbonyl (C=O) groups is 2. The van der Waals surface area contributed by atoms with Gasteiger partial charge in [-0.3, -0.25) is 14.5 Å². The van der Waals surface area contributed by atoms with Crippen LogP contribution in [-0.2, 0) is 9.59 Å². The molecule has 1 aliphatic rings. The fraction of sp³-hybridized carbons (Fsp3) is 0.273. The summed E-state index contributed by atoms with van der Waals surface area (Å²) in [5.74, 6) is -0.262. The van der Waals surface area contributed by atoms with E-state index >= 15 is 0 Å². The van der Waals surface area contributed by atoms with Crippen LogP contribution < -0.4 is 4.90 Å². The highest BCUT2D eigenvalue weighted by molar-refractivity contribution is 6.30. The molecule has 0 spiro atoms. The fourth-order valence-electron chi connectivity index (χ4n) is 1.63. The van der Waals surface area contributed by atoms with Crippen LogP contribution in [0.25, 0.3) is 0 Å². The van der Waals surface area contributed by atoms with Crippen molar-refractivity contribution in [2.45, 2.75) is 19.3 Å². The maximum Gasteiger partial charge on any atom is 0.233 e. The number of benzene rings is 1. The molecule has 1 aromatic carbocycles. The molecule has 2 amide bonds. The highest BCUT2D eigenvalue weighted by atomic mass is 35.5. The van der Waals surface area contributed by atoms with E-state index in [1.54, 1.807) is 24.3 Å². The number of anilines is 1. The summed E-state index contributed by atoms with van der Waals surface area (Å²) in [6.07, 6.45) is 1.53. The predicted octanol–water partition coefficient (Wildman–Crippen LogP) is 2.38. The number of amides is 2. The predicted molar refractivity (Wildman–Crippen MR) is 57.8 cm³/mol. The standard InChI is InChI=1S/C11H10ClNO2/c12-8-4-6-9(7-5-8)13-10(14)2-1-3-11(13)15/h4-7H,1-3H2. The Morgan fingerprint density at radius 2 is 1.53 bits per heavy atom. The molecule has 1 saturated heterocycles. The summed E-state index contributed by atoms with van der Waals surface area (Å²) in [5, 5.41) is 0.593. The molecule has 0 bridgehead atoms. The van der Waals surface area contributed by atoms with Crippen molar-refractivity contribution in [3.63, 3.8) is 0 Å². The van der Waals surface area contributed by atoms with Crippen molar-refractivity contribution in [1.82, 2.24) is 0 Å². The summed E-state index contributed by atoms with van der Waals surface area (Å²) in [7, 11) is 0. The van der Waals surface area contributed by atoms with Crippen molar-refractivity contribution in [2.24, 2.45) is 0 Å². The van der Waals surface area contributed by atoms with Crippen LogP contribution >= 0.6 is 11.6 Å². The van der Waals surface area contributed by atoms with E-state index in [4.69, 9.17) is 11.6 Å². The lowest BCUT2D eigenvalue weighted by Gasteiger charge is -2.24. The zero-order valence-corrected chi connectivity index (χ0v) is 8.83. The molecule has 3 nitrogen and oxygen atoms in total. The number of carbonyl (C=O) groups excluding carboxylic acids is 2. The molecule has 0 saturated carbocycles. The van der Waals surface area contributed by atoms with Crippen molar-refractivity contribution in [2.75, 3.05) is 4.90 Å². The average molecular weight is 224 g/mol. The molecular formula is C11H10ClNO2. The van der Waals surface area contributed by atoms with Gasteiger partial charge in [0.1, 0.15) is 0 Å². The van der Waals surface area contributed by atoms with Gasteiger partial charge in [-0.2, -0.15) is 0 Å². The monoisotopic (exact) mass is 223 g/mol. The maximum atomic E-state index is 11.6. The average Bonchev–Trinajstić information content (AvgIpc) is 2.20. The molecule has 0 unspecified atom stereocenters. The van der Waals surface area contributed by atoms with E-state index in [-0.39, 0.29) is 11.8 Å². The fourth-order valence-corrected chi connectivity index (χ4v) is 1.76. The normalized spacial score (nSPS) is 17.0. The summed E-state index contributed by atoms with van der Waals surface area (Å²) in [4.78, 5) is 24.4. The second-order valence-corrected chi connectivity index (χ2v) is 3.89. The van der Waals surface area contributed by atoms with E-state index in [0.717, 1.165) is 0 Å². The van der Waals surface area contributed by atoms with Crippen LogP contribution in [0.5, 0.6) is 0 Å². The van der Waals surface area contributed by atoms with Gasteiger partial charge in [-0.1, -0.05) is 11.6 Å². The quantitative estimate of drug-likeness (QED) is 0.686. The molecule has 1 aromatic rings. The van der Waals surface area contributed by atoms with E-state index in [9.17, 15) is 9.59 Å². The van der Waals surface area contributed by atoms with Crippen molar-refractivity contribution in [3.8, 4) is 0 Å². The second-order valence-electron chi connectivity index (χ2n) is 3.45. The molecule has 0 radical (unpaired) electrons. The summed E-state index contributed by atoms with van der Waals surface area (Å²) in [6.45, 7) is 0. The van der Waals surface area contributed by atoms with Crippen molar-refractivity contribution >= 4 is 29.1 Å². The molecule has 1 aliphatic heterocycles. The van der Waals surface area contributed by atoms with Gasteiger partial charge in [0.2, 0.25) is 11.8 Å². The molecule has 2 rings (SSSR count). The number of piperidine rings is 1. The molecule has 1 fully saturated rings. The molecule has 0 aromatic heterocycles. The van der Waals surface area contributed by atoms with Crippen LogP contribution in [0.2, 0.25) is 5.02 Å². The van der Waals surface area contributed by atoms with Gasteiger partial charge in [-0.15, -0.1) is 0 Å². The number of nitrogens with zero attached hydrogens (tertiary/aromatic N) is 1. The first kappa shape index (κ1) is 10.2. The molecule has 4 heteroatoms. The minimum absolute atomic E-state index is 0.131. The second kappa shape index (κ2) is 4.03. The Balaban J connectivity index is 2.31. The highest BCUT2D eigenvalue weighted by Crippen LogP contribution is 2.23. The third-order valence-corrected chi connectivity index (χ3v) is 2.62. The lowest BCUT2D eigenvalue weighted by Crippen LogP contribution is -2.40. The summed E-state index contributed by atoms with van der Waals surface area (Å²) in [5.41, 5.74) is 0.606. The topological polar surface area (TPSA) is 37.4 Å². The van der Waals surface area contributed by atoms with E-state index in [0.29, 0.717) is 30.0 Å². The number of hydrogen-bond donors (Lipinski definition) is 0. The largest absolute Gasteiger partial charge is 0.274 e. The molecule has 1 heterocycles. The van der Waals surface area contributed by atoms with Gasteiger partial charge in [-0.25, -0.2) is 0 Å². The number of hydrogen-bond acceptors (Lipinski definition) is 2. The van der Waals surface area contributed by atoms with E-state index < -0.39 is 0 Å². The van der Waals surface area contributed by atoms with Gasteiger partial charge in [-0.05, 0) is 30.7 Å². The SMILES string of the molecule is O=C1CCCC(=O)N1c1ccc(Cl)cc1. The number of halogens is 1. The minimum atomic E-state index is -0.131. The van der Waals surface area contributed by atoms with Gasteiger partial charge >= 0.3 is 0 Å². The third-order valence-electron chi connectivity index (χ3n) is 2.36. The molecule has 0 N–H and O–H groups in total. The number of imide groups is 1. The van der Waals surface area contributed by atoms with Crippen molar-refractivity contribution in [3.05, 3.63) is 29.3 Å².